The summed E-state index contributed by atoms with van der Waals surface area (Å²) >= 11 is 0. The second kappa shape index (κ2) is 18.1. The van der Waals surface area contributed by atoms with Gasteiger partial charge in [0.25, 0.3) is 0 Å². The summed E-state index contributed by atoms with van der Waals surface area (Å²) < 4.78 is 18.5. The normalized spacial score (nSPS) is 21.2. The molecular weight excluding hydrogens is 608 g/mol. The number of aliphatic hydroxyl groups is 1. The maximum Gasteiger partial charge on any atom is 0.224 e. The van der Waals surface area contributed by atoms with Crippen molar-refractivity contribution in [2.75, 3.05) is 43.2 Å². The predicted octanol–water partition coefficient (Wildman–Crippen LogP) is 6.34. The average molecular weight is 659 g/mol. The van der Waals surface area contributed by atoms with Gasteiger partial charge in [0.1, 0.15) is 0 Å². The lowest BCUT2D eigenvalue weighted by Crippen LogP contribution is -2.42. The Balaban J connectivity index is 1.09. The van der Waals surface area contributed by atoms with Crippen LogP contribution in [0.25, 0.3) is 0 Å². The van der Waals surface area contributed by atoms with Crippen LogP contribution in [0.2, 0.25) is 0 Å². The summed E-state index contributed by atoms with van der Waals surface area (Å²) in [7, 11) is 1.76. The Morgan fingerprint density at radius 2 is 1.58 bits per heavy atom. The molecule has 10 nitrogen and oxygen atoms in total. The van der Waals surface area contributed by atoms with E-state index in [0.29, 0.717) is 30.3 Å². The fourth-order valence-electron chi connectivity index (χ4n) is 6.51. The van der Waals surface area contributed by atoms with Gasteiger partial charge in [0.15, 0.2) is 6.29 Å². The number of nitrogens with one attached hydrogen (secondary N) is 2. The Hall–Kier alpha value is -3.80. The summed E-state index contributed by atoms with van der Waals surface area (Å²) in [5.41, 5.74) is 10.6. The predicted molar refractivity (Wildman–Crippen MR) is 187 cm³/mol. The number of benzene rings is 3. The van der Waals surface area contributed by atoms with Crippen LogP contribution in [0.15, 0.2) is 72.8 Å². The smallest absolute Gasteiger partial charge is 0.224 e. The third kappa shape index (κ3) is 10.3. The minimum absolute atomic E-state index is 0.00507. The Labute approximate surface area is 283 Å². The van der Waals surface area contributed by atoms with Gasteiger partial charge in [0, 0.05) is 50.2 Å². The van der Waals surface area contributed by atoms with Crippen LogP contribution in [0.1, 0.15) is 86.9 Å². The van der Waals surface area contributed by atoms with Crippen molar-refractivity contribution in [2.24, 2.45) is 0 Å². The van der Waals surface area contributed by atoms with Gasteiger partial charge >= 0.3 is 0 Å². The van der Waals surface area contributed by atoms with E-state index in [4.69, 9.17) is 19.9 Å². The molecule has 4 atom stereocenters. The molecule has 0 spiro atoms. The van der Waals surface area contributed by atoms with Crippen molar-refractivity contribution in [3.63, 3.8) is 0 Å². The van der Waals surface area contributed by atoms with Crippen molar-refractivity contribution in [3.05, 3.63) is 89.5 Å². The van der Waals surface area contributed by atoms with Gasteiger partial charge < -0.3 is 35.7 Å². The van der Waals surface area contributed by atoms with Crippen LogP contribution in [0, 0.1) is 0 Å². The first-order chi connectivity index (χ1) is 23.4. The number of nitrogens with zero attached hydrogens (tertiary/aromatic N) is 1. The maximum atomic E-state index is 12.6. The largest absolute Gasteiger partial charge is 0.397 e. The highest BCUT2D eigenvalue weighted by Crippen LogP contribution is 2.39. The van der Waals surface area contributed by atoms with Crippen LogP contribution < -0.4 is 16.4 Å². The number of hydrogen-bond donors (Lipinski definition) is 4. The van der Waals surface area contributed by atoms with Crippen molar-refractivity contribution in [1.82, 2.24) is 4.90 Å². The molecule has 3 aromatic rings. The molecule has 0 aliphatic carbocycles. The van der Waals surface area contributed by atoms with Crippen molar-refractivity contribution < 1.29 is 28.9 Å². The third-order valence-corrected chi connectivity index (χ3v) is 9.17. The number of nitrogen functional groups attached to an aromatic ring is 1. The summed E-state index contributed by atoms with van der Waals surface area (Å²) in [6, 6.07) is 23.2. The quantitative estimate of drug-likeness (QED) is 0.104. The van der Waals surface area contributed by atoms with Crippen LogP contribution in [-0.4, -0.2) is 60.8 Å². The fourth-order valence-corrected chi connectivity index (χ4v) is 6.51. The van der Waals surface area contributed by atoms with Crippen LogP contribution in [0.3, 0.4) is 0 Å². The van der Waals surface area contributed by atoms with E-state index in [1.165, 1.54) is 0 Å². The average Bonchev–Trinajstić information content (AvgIpc) is 3.53. The van der Waals surface area contributed by atoms with Gasteiger partial charge in [-0.2, -0.15) is 0 Å². The zero-order valence-corrected chi connectivity index (χ0v) is 27.9. The van der Waals surface area contributed by atoms with Crippen LogP contribution in [0.5, 0.6) is 0 Å². The molecule has 48 heavy (non-hydrogen) atoms. The van der Waals surface area contributed by atoms with E-state index in [2.05, 4.69) is 15.5 Å². The molecule has 258 valence electrons. The van der Waals surface area contributed by atoms with Crippen molar-refractivity contribution in [3.8, 4) is 0 Å². The molecule has 0 saturated carbocycles. The molecule has 2 aliphatic heterocycles. The molecule has 2 aliphatic rings. The number of methoxy groups -OCH3 is 1. The Morgan fingerprint density at radius 1 is 0.896 bits per heavy atom. The highest BCUT2D eigenvalue weighted by Gasteiger charge is 2.35. The van der Waals surface area contributed by atoms with E-state index in [0.717, 1.165) is 87.0 Å². The van der Waals surface area contributed by atoms with Gasteiger partial charge in [-0.25, -0.2) is 0 Å². The first kappa shape index (κ1) is 35.5. The maximum absolute atomic E-state index is 12.6. The summed E-state index contributed by atoms with van der Waals surface area (Å²) in [4.78, 5) is 27.3. The molecule has 5 rings (SSSR count). The first-order valence-electron chi connectivity index (χ1n) is 17.2. The van der Waals surface area contributed by atoms with Crippen molar-refractivity contribution in [2.45, 2.75) is 88.9 Å². The SMILES string of the molecule is COC[C@@H]1CCCN1C[C@H]1C[C@@H](c2ccc(CO)cc2)O[C@@H](c2ccc(NC(=O)CCCCCCC(=O)Nc3ccccc3N)cc2)O1. The second-order valence-corrected chi connectivity index (χ2v) is 12.8. The number of hydrogen-bond acceptors (Lipinski definition) is 8. The summed E-state index contributed by atoms with van der Waals surface area (Å²) in [5, 5.41) is 15.4. The van der Waals surface area contributed by atoms with Crippen LogP contribution >= 0.6 is 0 Å². The van der Waals surface area contributed by atoms with E-state index in [1.54, 1.807) is 19.2 Å². The number of likely N-dealkylation sites (tertiary alicyclic amines) is 1. The number of nitrogens with two attached hydrogens (primary N) is 1. The first-order valence-corrected chi connectivity index (χ1v) is 17.2. The summed E-state index contributed by atoms with van der Waals surface area (Å²) in [6.07, 6.45) is 6.39. The summed E-state index contributed by atoms with van der Waals surface area (Å²) in [6.45, 7) is 2.57. The van der Waals surface area contributed by atoms with Crippen LogP contribution in [-0.2, 0) is 30.4 Å². The molecule has 0 unspecified atom stereocenters. The molecule has 2 fully saturated rings. The van der Waals surface area contributed by atoms with Gasteiger partial charge in [-0.1, -0.05) is 61.4 Å². The van der Waals surface area contributed by atoms with E-state index >= 15 is 0 Å². The Kier molecular flexibility index (Phi) is 13.4. The zero-order valence-electron chi connectivity index (χ0n) is 27.9. The molecule has 0 aromatic heterocycles. The third-order valence-electron chi connectivity index (χ3n) is 9.17. The molecule has 2 amide bonds. The molecular formula is C38H50N4O6. The Bertz CT molecular complexity index is 1450. The number of carbonyl (C=O) groups excluding carboxylic acids is 2. The number of ether oxygens (including phenoxy) is 3. The lowest BCUT2D eigenvalue weighted by molar-refractivity contribution is -0.253. The van der Waals surface area contributed by atoms with E-state index in [-0.39, 0.29) is 30.6 Å². The topological polar surface area (TPSA) is 135 Å². The number of unbranched alkanes of at least 4 members (excludes halogenated alkanes) is 3. The number of amides is 2. The zero-order chi connectivity index (χ0) is 33.7. The highest BCUT2D eigenvalue weighted by atomic mass is 16.7. The van der Waals surface area contributed by atoms with E-state index in [9.17, 15) is 14.7 Å². The van der Waals surface area contributed by atoms with E-state index in [1.807, 2.05) is 60.7 Å². The highest BCUT2D eigenvalue weighted by molar-refractivity contribution is 5.93. The van der Waals surface area contributed by atoms with Gasteiger partial charge in [-0.3, -0.25) is 14.5 Å². The molecule has 2 heterocycles. The molecule has 0 bridgehead atoms. The lowest BCUT2D eigenvalue weighted by atomic mass is 9.99. The Morgan fingerprint density at radius 3 is 2.27 bits per heavy atom. The van der Waals surface area contributed by atoms with Gasteiger partial charge in [-0.05, 0) is 67.6 Å². The molecule has 2 saturated heterocycles. The van der Waals surface area contributed by atoms with E-state index < -0.39 is 6.29 Å². The molecule has 0 radical (unpaired) electrons. The molecule has 5 N–H and O–H groups in total. The number of carbonyl (C=O) groups is 2. The van der Waals surface area contributed by atoms with Crippen molar-refractivity contribution in [1.29, 1.82) is 0 Å². The fraction of sp³-hybridized carbons (Fsp3) is 0.474. The standard InChI is InChI=1S/C38H50N4O6/c1-46-26-31-9-8-22-42(31)24-32-23-35(28-16-14-27(25-43)15-17-28)48-38(47-32)29-18-20-30(21-19-29)40-36(44)12-4-2-3-5-13-37(45)41-34-11-7-6-10-33(34)39/h6-7,10-11,14-21,31-32,35,38,43H,2-5,8-9,12-13,22-26,39H2,1H3,(H,40,44)(H,41,45)/t31-,32+,35-,38-/m0/s1. The monoisotopic (exact) mass is 658 g/mol. The van der Waals surface area contributed by atoms with Gasteiger partial charge in [-0.15, -0.1) is 0 Å². The summed E-state index contributed by atoms with van der Waals surface area (Å²) in [5.74, 6) is -0.0870. The second-order valence-electron chi connectivity index (χ2n) is 12.8. The van der Waals surface area contributed by atoms with Gasteiger partial charge in [0.05, 0.1) is 36.8 Å². The lowest BCUT2D eigenvalue weighted by Gasteiger charge is -2.38. The number of rotatable bonds is 16. The molecule has 3 aromatic carbocycles. The van der Waals surface area contributed by atoms with Crippen LogP contribution in [0.4, 0.5) is 17.1 Å². The number of para-hydroxylation sites is 2. The minimum atomic E-state index is -0.549. The van der Waals surface area contributed by atoms with Crippen molar-refractivity contribution >= 4 is 28.9 Å². The number of anilines is 3. The minimum Gasteiger partial charge on any atom is -0.397 e. The molecule has 10 heteroatoms. The number of aliphatic hydroxyl groups excluding tert-OH is 1. The van der Waals surface area contributed by atoms with Gasteiger partial charge in [0.2, 0.25) is 11.8 Å².